The summed E-state index contributed by atoms with van der Waals surface area (Å²) >= 11 is 0. The van der Waals surface area contributed by atoms with Gasteiger partial charge in [0.1, 0.15) is 0 Å². The number of hydrogen-bond acceptors (Lipinski definition) is 2. The first kappa shape index (κ1) is 12.6. The summed E-state index contributed by atoms with van der Waals surface area (Å²) in [4.78, 5) is 23.0. The maximum atomic E-state index is 11.6. The summed E-state index contributed by atoms with van der Waals surface area (Å²) in [5.74, 6) is 0.769. The van der Waals surface area contributed by atoms with Crippen LogP contribution in [0.2, 0.25) is 0 Å². The predicted molar refractivity (Wildman–Crippen MR) is 68.9 cm³/mol. The Bertz CT molecular complexity index is 453. The van der Waals surface area contributed by atoms with Crippen molar-refractivity contribution in [3.05, 3.63) is 35.4 Å². The lowest BCUT2D eigenvalue weighted by atomic mass is 10.1. The van der Waals surface area contributed by atoms with Gasteiger partial charge >= 0.3 is 0 Å². The maximum Gasteiger partial charge on any atom is 0.251 e. The monoisotopic (exact) mass is 246 g/mol. The molecule has 2 rings (SSSR count). The Hall–Kier alpha value is -1.84. The summed E-state index contributed by atoms with van der Waals surface area (Å²) in [7, 11) is 1.60. The van der Waals surface area contributed by atoms with E-state index < -0.39 is 0 Å². The highest BCUT2D eigenvalue weighted by Crippen LogP contribution is 2.37. The second kappa shape index (κ2) is 5.21. The second-order valence-electron chi connectivity index (χ2n) is 4.81. The van der Waals surface area contributed by atoms with Gasteiger partial charge in [0.15, 0.2) is 0 Å². The molecule has 1 aromatic carbocycles. The highest BCUT2D eigenvalue weighted by atomic mass is 16.2. The van der Waals surface area contributed by atoms with Gasteiger partial charge in [0.25, 0.3) is 5.91 Å². The van der Waals surface area contributed by atoms with Gasteiger partial charge in [0.2, 0.25) is 5.91 Å². The summed E-state index contributed by atoms with van der Waals surface area (Å²) in [5, 5.41) is 5.48. The van der Waals surface area contributed by atoms with Crippen LogP contribution in [0.5, 0.6) is 0 Å². The fraction of sp³-hybridized carbons (Fsp3) is 0.429. The molecule has 0 aromatic heterocycles. The molecule has 1 aliphatic rings. The van der Waals surface area contributed by atoms with Crippen LogP contribution in [0.3, 0.4) is 0 Å². The molecule has 0 saturated heterocycles. The van der Waals surface area contributed by atoms with E-state index in [4.69, 9.17) is 0 Å². The molecule has 2 atom stereocenters. The molecule has 0 aliphatic heterocycles. The van der Waals surface area contributed by atoms with Gasteiger partial charge in [0.05, 0.1) is 0 Å². The number of carbonyl (C=O) groups is 2. The number of carbonyl (C=O) groups excluding carboxylic acids is 2. The molecular formula is C14H18N2O2. The lowest BCUT2D eigenvalue weighted by Crippen LogP contribution is -2.25. The SMILES string of the molecule is CNC(=O)c1ccc(CNC(=O)[C@@H]2C[C@@H]2C)cc1. The third-order valence-electron chi connectivity index (χ3n) is 3.36. The molecule has 0 bridgehead atoms. The number of benzene rings is 1. The number of amides is 2. The van der Waals surface area contributed by atoms with Crippen LogP contribution in [0.4, 0.5) is 0 Å². The van der Waals surface area contributed by atoms with Crippen LogP contribution in [-0.2, 0) is 11.3 Å². The Morgan fingerprint density at radius 2 is 1.89 bits per heavy atom. The van der Waals surface area contributed by atoms with Crippen LogP contribution in [-0.4, -0.2) is 18.9 Å². The molecular weight excluding hydrogens is 228 g/mol. The minimum Gasteiger partial charge on any atom is -0.355 e. The van der Waals surface area contributed by atoms with E-state index in [0.29, 0.717) is 18.0 Å². The van der Waals surface area contributed by atoms with Crippen molar-refractivity contribution in [2.45, 2.75) is 19.9 Å². The number of hydrogen-bond donors (Lipinski definition) is 2. The molecule has 1 aromatic rings. The van der Waals surface area contributed by atoms with Crippen molar-refractivity contribution in [2.24, 2.45) is 11.8 Å². The maximum absolute atomic E-state index is 11.6. The zero-order chi connectivity index (χ0) is 13.1. The molecule has 96 valence electrons. The van der Waals surface area contributed by atoms with Gasteiger partial charge in [-0.1, -0.05) is 19.1 Å². The molecule has 1 saturated carbocycles. The second-order valence-corrected chi connectivity index (χ2v) is 4.81. The third kappa shape index (κ3) is 2.88. The first-order chi connectivity index (χ1) is 8.61. The van der Waals surface area contributed by atoms with Crippen LogP contribution in [0.1, 0.15) is 29.3 Å². The zero-order valence-corrected chi connectivity index (χ0v) is 10.7. The Labute approximate surface area is 107 Å². The molecule has 0 heterocycles. The van der Waals surface area contributed by atoms with Crippen LogP contribution < -0.4 is 10.6 Å². The fourth-order valence-corrected chi connectivity index (χ4v) is 1.93. The van der Waals surface area contributed by atoms with Crippen molar-refractivity contribution in [1.82, 2.24) is 10.6 Å². The molecule has 2 amide bonds. The third-order valence-corrected chi connectivity index (χ3v) is 3.36. The Kier molecular flexibility index (Phi) is 3.65. The van der Waals surface area contributed by atoms with Gasteiger partial charge in [-0.3, -0.25) is 9.59 Å². The van der Waals surface area contributed by atoms with E-state index in [1.807, 2.05) is 12.1 Å². The summed E-state index contributed by atoms with van der Waals surface area (Å²) < 4.78 is 0. The average molecular weight is 246 g/mol. The molecule has 18 heavy (non-hydrogen) atoms. The topological polar surface area (TPSA) is 58.2 Å². The average Bonchev–Trinajstić information content (AvgIpc) is 3.13. The lowest BCUT2D eigenvalue weighted by molar-refractivity contribution is -0.122. The normalized spacial score (nSPS) is 21.2. The smallest absolute Gasteiger partial charge is 0.251 e. The first-order valence-electron chi connectivity index (χ1n) is 6.20. The van der Waals surface area contributed by atoms with Gasteiger partial charge < -0.3 is 10.6 Å². The van der Waals surface area contributed by atoms with Crippen molar-refractivity contribution in [3.63, 3.8) is 0 Å². The molecule has 4 nitrogen and oxygen atoms in total. The largest absolute Gasteiger partial charge is 0.355 e. The van der Waals surface area contributed by atoms with Crippen molar-refractivity contribution in [3.8, 4) is 0 Å². The Morgan fingerprint density at radius 1 is 1.28 bits per heavy atom. The lowest BCUT2D eigenvalue weighted by Gasteiger charge is -2.05. The van der Waals surface area contributed by atoms with E-state index in [2.05, 4.69) is 17.6 Å². The van der Waals surface area contributed by atoms with E-state index in [0.717, 1.165) is 12.0 Å². The molecule has 2 N–H and O–H groups in total. The number of nitrogens with one attached hydrogen (secondary N) is 2. The summed E-state index contributed by atoms with van der Waals surface area (Å²) in [6.45, 7) is 2.61. The standard InChI is InChI=1S/C14H18N2O2/c1-9-7-12(9)14(18)16-8-10-3-5-11(6-4-10)13(17)15-2/h3-6,9,12H,7-8H2,1-2H3,(H,15,17)(H,16,18)/t9-,12+/m0/s1. The zero-order valence-electron chi connectivity index (χ0n) is 10.7. The van der Waals surface area contributed by atoms with Gasteiger partial charge in [-0.25, -0.2) is 0 Å². The van der Waals surface area contributed by atoms with Crippen molar-refractivity contribution >= 4 is 11.8 Å². The first-order valence-corrected chi connectivity index (χ1v) is 6.20. The minimum atomic E-state index is -0.0996. The highest BCUT2D eigenvalue weighted by Gasteiger charge is 2.38. The van der Waals surface area contributed by atoms with Crippen LogP contribution in [0, 0.1) is 11.8 Å². The van der Waals surface area contributed by atoms with Gasteiger partial charge in [-0.05, 0) is 30.0 Å². The van der Waals surface area contributed by atoms with E-state index >= 15 is 0 Å². The molecule has 1 aliphatic carbocycles. The van der Waals surface area contributed by atoms with Crippen LogP contribution in [0.15, 0.2) is 24.3 Å². The number of rotatable bonds is 4. The van der Waals surface area contributed by atoms with E-state index in [1.165, 1.54) is 0 Å². The molecule has 4 heteroatoms. The van der Waals surface area contributed by atoms with Gasteiger partial charge in [-0.2, -0.15) is 0 Å². The Morgan fingerprint density at radius 3 is 2.39 bits per heavy atom. The fourth-order valence-electron chi connectivity index (χ4n) is 1.93. The predicted octanol–water partition coefficient (Wildman–Crippen LogP) is 1.32. The molecule has 1 fully saturated rings. The minimum absolute atomic E-state index is 0.0996. The summed E-state index contributed by atoms with van der Waals surface area (Å²) in [6, 6.07) is 7.25. The summed E-state index contributed by atoms with van der Waals surface area (Å²) in [6.07, 6.45) is 1.00. The van der Waals surface area contributed by atoms with Gasteiger partial charge in [0, 0.05) is 25.1 Å². The summed E-state index contributed by atoms with van der Waals surface area (Å²) in [5.41, 5.74) is 1.63. The van der Waals surface area contributed by atoms with Crippen molar-refractivity contribution < 1.29 is 9.59 Å². The van der Waals surface area contributed by atoms with E-state index in [-0.39, 0.29) is 17.7 Å². The van der Waals surface area contributed by atoms with Gasteiger partial charge in [-0.15, -0.1) is 0 Å². The quantitative estimate of drug-likeness (QED) is 0.841. The van der Waals surface area contributed by atoms with E-state index in [9.17, 15) is 9.59 Å². The molecule has 0 spiro atoms. The van der Waals surface area contributed by atoms with E-state index in [1.54, 1.807) is 19.2 Å². The Balaban J connectivity index is 1.86. The van der Waals surface area contributed by atoms with Crippen molar-refractivity contribution in [1.29, 1.82) is 0 Å². The molecule has 0 radical (unpaired) electrons. The van der Waals surface area contributed by atoms with Crippen molar-refractivity contribution in [2.75, 3.05) is 7.05 Å². The van der Waals surface area contributed by atoms with Crippen LogP contribution >= 0.6 is 0 Å². The highest BCUT2D eigenvalue weighted by molar-refractivity contribution is 5.93. The molecule has 0 unspecified atom stereocenters. The van der Waals surface area contributed by atoms with Crippen LogP contribution in [0.25, 0.3) is 0 Å².